The first-order valence-corrected chi connectivity index (χ1v) is 5.27. The van der Waals surface area contributed by atoms with E-state index in [-0.39, 0.29) is 5.78 Å². The van der Waals surface area contributed by atoms with Gasteiger partial charge in [-0.15, -0.1) is 0 Å². The van der Waals surface area contributed by atoms with Gasteiger partial charge in [-0.2, -0.15) is 0 Å². The Bertz CT molecular complexity index is 324. The molecule has 0 N–H and O–H groups in total. The van der Waals surface area contributed by atoms with Crippen molar-refractivity contribution in [1.82, 2.24) is 9.55 Å². The number of nitrogens with zero attached hydrogens (tertiary/aromatic N) is 2. The van der Waals surface area contributed by atoms with Crippen LogP contribution < -0.4 is 0 Å². The summed E-state index contributed by atoms with van der Waals surface area (Å²) in [5, 5.41) is 0. The predicted octanol–water partition coefficient (Wildman–Crippen LogP) is 2.18. The first-order valence-electron chi connectivity index (χ1n) is 5.27. The van der Waals surface area contributed by atoms with E-state index in [4.69, 9.17) is 0 Å². The van der Waals surface area contributed by atoms with Crippen LogP contribution in [0.15, 0.2) is 12.5 Å². The van der Waals surface area contributed by atoms with Crippen LogP contribution in [-0.4, -0.2) is 15.3 Å². The van der Waals surface area contributed by atoms with E-state index in [9.17, 15) is 4.79 Å². The molecule has 0 atom stereocenters. The third-order valence-electron chi connectivity index (χ3n) is 3.05. The van der Waals surface area contributed by atoms with Gasteiger partial charge in [0.15, 0.2) is 5.78 Å². The molecule has 0 aromatic carbocycles. The van der Waals surface area contributed by atoms with Crippen molar-refractivity contribution in [1.29, 1.82) is 0 Å². The van der Waals surface area contributed by atoms with Crippen LogP contribution in [0.4, 0.5) is 0 Å². The van der Waals surface area contributed by atoms with Gasteiger partial charge in [-0.25, -0.2) is 4.98 Å². The number of rotatable bonds is 3. The number of carbonyl (C=O) groups excluding carboxylic acids is 1. The Balaban J connectivity index is 1.98. The fourth-order valence-electron chi connectivity index (χ4n) is 2.21. The molecule has 1 aromatic rings. The minimum atomic E-state index is 0.247. The van der Waals surface area contributed by atoms with Crippen molar-refractivity contribution >= 4 is 5.78 Å². The topological polar surface area (TPSA) is 34.9 Å². The van der Waals surface area contributed by atoms with Crippen molar-refractivity contribution in [3.8, 4) is 0 Å². The highest BCUT2D eigenvalue weighted by atomic mass is 16.1. The Hall–Kier alpha value is -1.12. The predicted molar refractivity (Wildman–Crippen MR) is 54.1 cm³/mol. The Kier molecular flexibility index (Phi) is 2.66. The highest BCUT2D eigenvalue weighted by Gasteiger charge is 2.20. The molecule has 3 heteroatoms. The summed E-state index contributed by atoms with van der Waals surface area (Å²) in [5.74, 6) is 0.870. The molecule has 2 rings (SSSR count). The van der Waals surface area contributed by atoms with Gasteiger partial charge in [0.2, 0.25) is 0 Å². The van der Waals surface area contributed by atoms with Crippen molar-refractivity contribution < 1.29 is 4.79 Å². The minimum absolute atomic E-state index is 0.247. The molecule has 1 aliphatic rings. The summed E-state index contributed by atoms with van der Waals surface area (Å²) in [6.45, 7) is 0. The second-order valence-corrected chi connectivity index (χ2v) is 4.17. The van der Waals surface area contributed by atoms with Crippen LogP contribution in [-0.2, 0) is 7.05 Å². The zero-order chi connectivity index (χ0) is 9.97. The fourth-order valence-corrected chi connectivity index (χ4v) is 2.21. The number of hydrogen-bond acceptors (Lipinski definition) is 2. The molecule has 0 spiro atoms. The van der Waals surface area contributed by atoms with Gasteiger partial charge in [0.05, 0.1) is 12.5 Å². The lowest BCUT2D eigenvalue weighted by atomic mass is 10.00. The first-order chi connectivity index (χ1) is 6.77. The second kappa shape index (κ2) is 3.95. The molecule has 0 saturated heterocycles. The average Bonchev–Trinajstić information content (AvgIpc) is 2.75. The number of aryl methyl sites for hydroxylation is 1. The number of carbonyl (C=O) groups is 1. The zero-order valence-corrected chi connectivity index (χ0v) is 8.57. The van der Waals surface area contributed by atoms with E-state index in [2.05, 4.69) is 4.98 Å². The van der Waals surface area contributed by atoms with Gasteiger partial charge in [-0.05, 0) is 5.92 Å². The fraction of sp³-hybridized carbons (Fsp3) is 0.636. The molecule has 3 nitrogen and oxygen atoms in total. The smallest absolute Gasteiger partial charge is 0.181 e. The standard InChI is InChI=1S/C11H16N2O/c1-13-8-12-7-10(13)11(14)6-9-4-2-3-5-9/h7-9H,2-6H2,1H3. The summed E-state index contributed by atoms with van der Waals surface area (Å²) < 4.78 is 1.80. The van der Waals surface area contributed by atoms with E-state index in [1.54, 1.807) is 17.1 Å². The van der Waals surface area contributed by atoms with Gasteiger partial charge in [-0.3, -0.25) is 4.79 Å². The third kappa shape index (κ3) is 1.86. The Morgan fingerprint density at radius 2 is 2.29 bits per heavy atom. The molecule has 0 bridgehead atoms. The maximum absolute atomic E-state index is 11.8. The lowest BCUT2D eigenvalue weighted by Gasteiger charge is -2.07. The summed E-state index contributed by atoms with van der Waals surface area (Å²) in [5.41, 5.74) is 0.747. The lowest BCUT2D eigenvalue weighted by molar-refractivity contribution is 0.0954. The highest BCUT2D eigenvalue weighted by Crippen LogP contribution is 2.28. The normalized spacial score (nSPS) is 17.5. The van der Waals surface area contributed by atoms with Crippen LogP contribution in [0.2, 0.25) is 0 Å². The summed E-state index contributed by atoms with van der Waals surface area (Å²) in [4.78, 5) is 15.8. The molecule has 14 heavy (non-hydrogen) atoms. The number of aromatic nitrogens is 2. The zero-order valence-electron chi connectivity index (χ0n) is 8.57. The number of hydrogen-bond donors (Lipinski definition) is 0. The highest BCUT2D eigenvalue weighted by molar-refractivity contribution is 5.94. The maximum atomic E-state index is 11.8. The van der Waals surface area contributed by atoms with Gasteiger partial charge < -0.3 is 4.57 Å². The van der Waals surface area contributed by atoms with Gasteiger partial charge in [0.25, 0.3) is 0 Å². The van der Waals surface area contributed by atoms with Crippen LogP contribution in [0.25, 0.3) is 0 Å². The SMILES string of the molecule is Cn1cncc1C(=O)CC1CCCC1. The molecule has 0 radical (unpaired) electrons. The summed E-state index contributed by atoms with van der Waals surface area (Å²) in [7, 11) is 1.87. The van der Waals surface area contributed by atoms with Gasteiger partial charge in [0, 0.05) is 13.5 Å². The van der Waals surface area contributed by atoms with Crippen LogP contribution in [0, 0.1) is 5.92 Å². The molecule has 1 aromatic heterocycles. The summed E-state index contributed by atoms with van der Waals surface area (Å²) in [6, 6.07) is 0. The van der Waals surface area contributed by atoms with E-state index in [1.807, 2.05) is 7.05 Å². The van der Waals surface area contributed by atoms with E-state index in [1.165, 1.54) is 25.7 Å². The Labute approximate surface area is 84.1 Å². The molecule has 0 unspecified atom stereocenters. The lowest BCUT2D eigenvalue weighted by Crippen LogP contribution is -2.09. The Morgan fingerprint density at radius 1 is 1.57 bits per heavy atom. The average molecular weight is 192 g/mol. The van der Waals surface area contributed by atoms with Crippen LogP contribution in [0.5, 0.6) is 0 Å². The van der Waals surface area contributed by atoms with E-state index in [0.717, 1.165) is 5.69 Å². The van der Waals surface area contributed by atoms with Crippen molar-refractivity contribution in [3.05, 3.63) is 18.2 Å². The van der Waals surface area contributed by atoms with Crippen LogP contribution in [0.1, 0.15) is 42.6 Å². The minimum Gasteiger partial charge on any atom is -0.331 e. The van der Waals surface area contributed by atoms with E-state index in [0.29, 0.717) is 12.3 Å². The van der Waals surface area contributed by atoms with Gasteiger partial charge in [-0.1, -0.05) is 25.7 Å². The molecule has 1 saturated carbocycles. The van der Waals surface area contributed by atoms with E-state index >= 15 is 0 Å². The first kappa shape index (κ1) is 9.44. The van der Waals surface area contributed by atoms with Gasteiger partial charge in [0.1, 0.15) is 5.69 Å². The Morgan fingerprint density at radius 3 is 2.86 bits per heavy atom. The number of imidazole rings is 1. The van der Waals surface area contributed by atoms with Crippen molar-refractivity contribution in [2.24, 2.45) is 13.0 Å². The van der Waals surface area contributed by atoms with E-state index < -0.39 is 0 Å². The van der Waals surface area contributed by atoms with Crippen molar-refractivity contribution in [3.63, 3.8) is 0 Å². The summed E-state index contributed by atoms with van der Waals surface area (Å²) in [6.07, 6.45) is 9.10. The molecular weight excluding hydrogens is 176 g/mol. The quantitative estimate of drug-likeness (QED) is 0.688. The second-order valence-electron chi connectivity index (χ2n) is 4.17. The molecule has 1 fully saturated rings. The molecular formula is C11H16N2O. The number of Topliss-reactive ketones (excluding diaryl/α,β-unsaturated/α-hetero) is 1. The van der Waals surface area contributed by atoms with Crippen molar-refractivity contribution in [2.75, 3.05) is 0 Å². The molecule has 0 amide bonds. The molecule has 1 heterocycles. The third-order valence-corrected chi connectivity index (χ3v) is 3.05. The van der Waals surface area contributed by atoms with Crippen molar-refractivity contribution in [2.45, 2.75) is 32.1 Å². The largest absolute Gasteiger partial charge is 0.331 e. The maximum Gasteiger partial charge on any atom is 0.181 e. The molecule has 76 valence electrons. The summed E-state index contributed by atoms with van der Waals surface area (Å²) >= 11 is 0. The molecule has 0 aliphatic heterocycles. The van der Waals surface area contributed by atoms with Crippen LogP contribution in [0.3, 0.4) is 0 Å². The molecule has 1 aliphatic carbocycles. The monoisotopic (exact) mass is 192 g/mol. The van der Waals surface area contributed by atoms with Crippen LogP contribution >= 0.6 is 0 Å². The number of ketones is 1. The van der Waals surface area contributed by atoms with Gasteiger partial charge >= 0.3 is 0 Å².